The van der Waals surface area contributed by atoms with Gasteiger partial charge in [0.15, 0.2) is 0 Å². The second kappa shape index (κ2) is 8.27. The van der Waals surface area contributed by atoms with Gasteiger partial charge in [0.25, 0.3) is 5.91 Å². The summed E-state index contributed by atoms with van der Waals surface area (Å²) in [7, 11) is 3.08. The first kappa shape index (κ1) is 18.9. The smallest absolute Gasteiger partial charge is 0.263 e. The van der Waals surface area contributed by atoms with Gasteiger partial charge in [-0.25, -0.2) is 0 Å². The number of nitrogens with one attached hydrogen (secondary N) is 1. The van der Waals surface area contributed by atoms with Crippen molar-refractivity contribution >= 4 is 17.3 Å². The highest BCUT2D eigenvalue weighted by atomic mass is 16.5. The number of fused-ring (bicyclic) bond motifs is 1. The highest BCUT2D eigenvalue weighted by molar-refractivity contribution is 6.08. The van der Waals surface area contributed by atoms with E-state index in [1.54, 1.807) is 18.2 Å². The summed E-state index contributed by atoms with van der Waals surface area (Å²) in [5.41, 5.74) is 5.06. The lowest BCUT2D eigenvalue weighted by molar-refractivity contribution is 0.102. The van der Waals surface area contributed by atoms with Gasteiger partial charge >= 0.3 is 0 Å². The van der Waals surface area contributed by atoms with Gasteiger partial charge < -0.3 is 19.7 Å². The number of carbonyl (C=O) groups is 1. The van der Waals surface area contributed by atoms with Gasteiger partial charge in [-0.15, -0.1) is 0 Å². The number of nitrogens with zero attached hydrogens (tertiary/aromatic N) is 1. The van der Waals surface area contributed by atoms with Crippen LogP contribution in [0.15, 0.2) is 66.7 Å². The first-order valence-electron chi connectivity index (χ1n) is 9.63. The minimum atomic E-state index is -0.265. The van der Waals surface area contributed by atoms with E-state index in [2.05, 4.69) is 34.5 Å². The largest absolute Gasteiger partial charge is 0.496 e. The van der Waals surface area contributed by atoms with Crippen LogP contribution in [-0.2, 0) is 13.0 Å². The summed E-state index contributed by atoms with van der Waals surface area (Å²) in [5, 5.41) is 2.94. The molecule has 5 heteroatoms. The van der Waals surface area contributed by atoms with E-state index in [1.165, 1.54) is 25.3 Å². The molecule has 0 saturated heterocycles. The van der Waals surface area contributed by atoms with E-state index in [0.29, 0.717) is 17.1 Å². The van der Waals surface area contributed by atoms with Crippen LogP contribution >= 0.6 is 0 Å². The van der Waals surface area contributed by atoms with Crippen molar-refractivity contribution in [3.8, 4) is 11.5 Å². The highest BCUT2D eigenvalue weighted by Crippen LogP contribution is 2.30. The lowest BCUT2D eigenvalue weighted by Crippen LogP contribution is -2.30. The first-order valence-corrected chi connectivity index (χ1v) is 9.63. The summed E-state index contributed by atoms with van der Waals surface area (Å²) in [4.78, 5) is 15.2. The van der Waals surface area contributed by atoms with Crippen molar-refractivity contribution in [2.75, 3.05) is 31.0 Å². The number of benzene rings is 3. The average molecular weight is 388 g/mol. The van der Waals surface area contributed by atoms with Gasteiger partial charge in [-0.2, -0.15) is 0 Å². The van der Waals surface area contributed by atoms with Crippen LogP contribution in [0.1, 0.15) is 21.5 Å². The van der Waals surface area contributed by atoms with Crippen LogP contribution in [0.2, 0.25) is 0 Å². The Bertz CT molecular complexity index is 993. The fourth-order valence-corrected chi connectivity index (χ4v) is 3.74. The molecule has 4 rings (SSSR count). The van der Waals surface area contributed by atoms with Crippen LogP contribution in [0.25, 0.3) is 0 Å². The third kappa shape index (κ3) is 3.90. The van der Waals surface area contributed by atoms with E-state index in [4.69, 9.17) is 9.47 Å². The van der Waals surface area contributed by atoms with Gasteiger partial charge in [0.2, 0.25) is 0 Å². The normalized spacial score (nSPS) is 12.8. The molecule has 1 aliphatic rings. The zero-order valence-corrected chi connectivity index (χ0v) is 16.6. The molecule has 5 nitrogen and oxygen atoms in total. The third-order valence-corrected chi connectivity index (χ3v) is 5.28. The summed E-state index contributed by atoms with van der Waals surface area (Å²) < 4.78 is 10.7. The fourth-order valence-electron chi connectivity index (χ4n) is 3.74. The van der Waals surface area contributed by atoms with Crippen molar-refractivity contribution in [1.29, 1.82) is 0 Å². The Morgan fingerprint density at radius 3 is 2.17 bits per heavy atom. The maximum Gasteiger partial charge on any atom is 0.263 e. The van der Waals surface area contributed by atoms with E-state index in [9.17, 15) is 4.79 Å². The van der Waals surface area contributed by atoms with Gasteiger partial charge in [-0.1, -0.05) is 30.3 Å². The zero-order chi connectivity index (χ0) is 20.2. The Morgan fingerprint density at radius 1 is 0.862 bits per heavy atom. The number of anilines is 2. The Kier molecular flexibility index (Phi) is 5.38. The fraction of sp³-hybridized carbons (Fsp3) is 0.208. The predicted octanol–water partition coefficient (Wildman–Crippen LogP) is 4.52. The van der Waals surface area contributed by atoms with Gasteiger partial charge in [-0.3, -0.25) is 4.79 Å². The molecule has 0 unspecified atom stereocenters. The van der Waals surface area contributed by atoms with Gasteiger partial charge in [0, 0.05) is 24.5 Å². The van der Waals surface area contributed by atoms with Crippen molar-refractivity contribution in [2.45, 2.75) is 13.0 Å². The molecule has 0 aromatic heterocycles. The van der Waals surface area contributed by atoms with Crippen LogP contribution in [0.5, 0.6) is 11.5 Å². The minimum absolute atomic E-state index is 0.265. The zero-order valence-electron chi connectivity index (χ0n) is 16.6. The number of hydrogen-bond donors (Lipinski definition) is 1. The predicted molar refractivity (Wildman–Crippen MR) is 115 cm³/mol. The quantitative estimate of drug-likeness (QED) is 0.698. The van der Waals surface area contributed by atoms with E-state index < -0.39 is 0 Å². The number of amides is 1. The second-order valence-corrected chi connectivity index (χ2v) is 6.98. The topological polar surface area (TPSA) is 50.8 Å². The third-order valence-electron chi connectivity index (χ3n) is 5.28. The molecular weight excluding hydrogens is 364 g/mol. The van der Waals surface area contributed by atoms with E-state index in [-0.39, 0.29) is 5.91 Å². The number of carbonyl (C=O) groups excluding carboxylic acids is 1. The molecule has 148 valence electrons. The summed E-state index contributed by atoms with van der Waals surface area (Å²) in [6.07, 6.45) is 1.04. The van der Waals surface area contributed by atoms with Crippen LogP contribution in [0.4, 0.5) is 11.4 Å². The Labute approximate surface area is 170 Å². The molecule has 29 heavy (non-hydrogen) atoms. The van der Waals surface area contributed by atoms with Crippen LogP contribution in [0, 0.1) is 0 Å². The van der Waals surface area contributed by atoms with E-state index in [0.717, 1.165) is 30.9 Å². The molecule has 0 aliphatic carbocycles. The van der Waals surface area contributed by atoms with Crippen molar-refractivity contribution < 1.29 is 14.3 Å². The van der Waals surface area contributed by atoms with Crippen LogP contribution in [0.3, 0.4) is 0 Å². The minimum Gasteiger partial charge on any atom is -0.496 e. The maximum atomic E-state index is 12.8. The van der Waals surface area contributed by atoms with Crippen LogP contribution in [-0.4, -0.2) is 26.7 Å². The SMILES string of the molecule is COc1cccc(OC)c1C(=O)Nc1ccc(N2CCc3ccccc3C2)cc1. The number of rotatable bonds is 5. The number of methoxy groups -OCH3 is 2. The summed E-state index contributed by atoms with van der Waals surface area (Å²) in [5.74, 6) is 0.690. The van der Waals surface area contributed by atoms with Gasteiger partial charge in [0.05, 0.1) is 14.2 Å². The molecule has 3 aromatic rings. The highest BCUT2D eigenvalue weighted by Gasteiger charge is 2.19. The van der Waals surface area contributed by atoms with Crippen molar-refractivity contribution in [3.63, 3.8) is 0 Å². The summed E-state index contributed by atoms with van der Waals surface area (Å²) in [6, 6.07) is 21.8. The maximum absolute atomic E-state index is 12.8. The molecule has 1 heterocycles. The lowest BCUT2D eigenvalue weighted by Gasteiger charge is -2.30. The van der Waals surface area contributed by atoms with Crippen molar-refractivity contribution in [2.24, 2.45) is 0 Å². The number of hydrogen-bond acceptors (Lipinski definition) is 4. The standard InChI is InChI=1S/C24H24N2O3/c1-28-21-8-5-9-22(29-2)23(21)24(27)25-19-10-12-20(13-11-19)26-15-14-17-6-3-4-7-18(17)16-26/h3-13H,14-16H2,1-2H3,(H,25,27). The molecule has 0 bridgehead atoms. The van der Waals surface area contributed by atoms with Crippen molar-refractivity contribution in [3.05, 3.63) is 83.4 Å². The van der Waals surface area contributed by atoms with Gasteiger partial charge in [-0.05, 0) is 53.9 Å². The number of ether oxygens (including phenoxy) is 2. The molecule has 0 radical (unpaired) electrons. The molecule has 1 amide bonds. The second-order valence-electron chi connectivity index (χ2n) is 6.98. The monoisotopic (exact) mass is 388 g/mol. The Balaban J connectivity index is 1.49. The molecule has 0 fully saturated rings. The van der Waals surface area contributed by atoms with Gasteiger partial charge in [0.1, 0.15) is 17.1 Å². The summed E-state index contributed by atoms with van der Waals surface area (Å²) in [6.45, 7) is 1.89. The Hall–Kier alpha value is -3.47. The molecule has 1 N–H and O–H groups in total. The Morgan fingerprint density at radius 2 is 1.52 bits per heavy atom. The molecule has 0 saturated carbocycles. The molecule has 3 aromatic carbocycles. The van der Waals surface area contributed by atoms with E-state index >= 15 is 0 Å². The van der Waals surface area contributed by atoms with Crippen LogP contribution < -0.4 is 19.7 Å². The van der Waals surface area contributed by atoms with Crippen molar-refractivity contribution in [1.82, 2.24) is 0 Å². The molecule has 0 atom stereocenters. The first-order chi connectivity index (χ1) is 14.2. The molecular formula is C24H24N2O3. The molecule has 1 aliphatic heterocycles. The average Bonchev–Trinajstić information content (AvgIpc) is 2.78. The van der Waals surface area contributed by atoms with E-state index in [1.807, 2.05) is 24.3 Å². The summed E-state index contributed by atoms with van der Waals surface area (Å²) >= 11 is 0. The lowest BCUT2D eigenvalue weighted by atomic mass is 9.99. The molecule has 0 spiro atoms.